The fraction of sp³-hybridized carbons (Fsp3) is 0.154. The zero-order valence-corrected chi connectivity index (χ0v) is 18.4. The highest BCUT2D eigenvalue weighted by atomic mass is 35.5. The molecule has 0 aliphatic carbocycles. The number of anilines is 1. The van der Waals surface area contributed by atoms with Crippen molar-refractivity contribution in [2.75, 3.05) is 4.90 Å². The van der Waals surface area contributed by atoms with Crippen LogP contribution in [0.4, 0.5) is 10.1 Å². The zero-order chi connectivity index (χ0) is 23.6. The fourth-order valence-electron chi connectivity index (χ4n) is 5.32. The monoisotopic (exact) mass is 473 g/mol. The minimum atomic E-state index is -1.02. The lowest BCUT2D eigenvalue weighted by molar-refractivity contribution is -0.124. The standard InChI is InChI=1S/C26H17ClFN3O3/c27-18-7-3-4-8-19(18)30-25(33)20-21(26(30)34)23(24(32)14-9-11-16(28)12-10-14)31-22(20)17-6-2-1-5-15(17)13-29-31/h1-13,20-23H/t20-,21+,22+,23-/m0/s1. The first-order chi connectivity index (χ1) is 16.5. The molecular weight excluding hydrogens is 457 g/mol. The van der Waals surface area contributed by atoms with Crippen molar-refractivity contribution in [1.29, 1.82) is 0 Å². The second-order valence-corrected chi connectivity index (χ2v) is 8.94. The molecule has 0 radical (unpaired) electrons. The molecule has 2 saturated heterocycles. The van der Waals surface area contributed by atoms with Crippen molar-refractivity contribution in [3.63, 3.8) is 0 Å². The highest BCUT2D eigenvalue weighted by Gasteiger charge is 2.65. The van der Waals surface area contributed by atoms with Gasteiger partial charge >= 0.3 is 0 Å². The Morgan fingerprint density at radius 2 is 1.56 bits per heavy atom. The molecule has 6 nitrogen and oxygen atoms in total. The summed E-state index contributed by atoms with van der Waals surface area (Å²) in [6.07, 6.45) is 1.64. The second-order valence-electron chi connectivity index (χ2n) is 8.53. The molecule has 4 atom stereocenters. The lowest BCUT2D eigenvalue weighted by Gasteiger charge is -2.33. The lowest BCUT2D eigenvalue weighted by Crippen LogP contribution is -2.44. The van der Waals surface area contributed by atoms with Crippen molar-refractivity contribution in [1.82, 2.24) is 5.01 Å². The number of halogens is 2. The number of ketones is 1. The largest absolute Gasteiger partial charge is 0.292 e. The first-order valence-electron chi connectivity index (χ1n) is 10.8. The zero-order valence-electron chi connectivity index (χ0n) is 17.6. The van der Waals surface area contributed by atoms with E-state index >= 15 is 0 Å². The summed E-state index contributed by atoms with van der Waals surface area (Å²) in [6, 6.07) is 17.7. The van der Waals surface area contributed by atoms with Gasteiger partial charge in [-0.2, -0.15) is 5.10 Å². The Kier molecular flexibility index (Phi) is 4.64. The quantitative estimate of drug-likeness (QED) is 0.421. The van der Waals surface area contributed by atoms with Crippen LogP contribution in [-0.4, -0.2) is 34.9 Å². The second kappa shape index (κ2) is 7.60. The van der Waals surface area contributed by atoms with Crippen LogP contribution in [0.2, 0.25) is 5.02 Å². The Morgan fingerprint density at radius 3 is 2.32 bits per heavy atom. The Balaban J connectivity index is 1.51. The van der Waals surface area contributed by atoms with Gasteiger partial charge in [0.15, 0.2) is 5.78 Å². The topological polar surface area (TPSA) is 70.0 Å². The average Bonchev–Trinajstić information content (AvgIpc) is 3.32. The van der Waals surface area contributed by atoms with Crippen molar-refractivity contribution in [3.8, 4) is 0 Å². The molecule has 3 aliphatic heterocycles. The van der Waals surface area contributed by atoms with Crippen LogP contribution in [-0.2, 0) is 9.59 Å². The minimum Gasteiger partial charge on any atom is -0.292 e. The van der Waals surface area contributed by atoms with Gasteiger partial charge in [0, 0.05) is 5.56 Å². The molecule has 0 bridgehead atoms. The van der Waals surface area contributed by atoms with E-state index < -0.39 is 47.3 Å². The molecule has 0 unspecified atom stereocenters. The number of para-hydroxylation sites is 1. The Hall–Kier alpha value is -3.84. The number of nitrogens with zero attached hydrogens (tertiary/aromatic N) is 3. The van der Waals surface area contributed by atoms with E-state index in [4.69, 9.17) is 11.6 Å². The number of hydrazone groups is 1. The molecule has 2 amide bonds. The molecule has 3 aromatic rings. The summed E-state index contributed by atoms with van der Waals surface area (Å²) in [5.41, 5.74) is 2.19. The molecule has 0 N–H and O–H groups in total. The van der Waals surface area contributed by atoms with E-state index in [2.05, 4.69) is 5.10 Å². The molecule has 34 heavy (non-hydrogen) atoms. The van der Waals surface area contributed by atoms with Crippen molar-refractivity contribution in [2.24, 2.45) is 16.9 Å². The molecule has 0 spiro atoms. The summed E-state index contributed by atoms with van der Waals surface area (Å²) in [4.78, 5) is 42.3. The maximum atomic E-state index is 13.8. The molecule has 3 heterocycles. The van der Waals surface area contributed by atoms with Crippen molar-refractivity contribution in [2.45, 2.75) is 12.1 Å². The summed E-state index contributed by atoms with van der Waals surface area (Å²) in [5.74, 6) is -3.56. The maximum Gasteiger partial charge on any atom is 0.240 e. The van der Waals surface area contributed by atoms with Crippen LogP contribution in [0.15, 0.2) is 77.9 Å². The van der Waals surface area contributed by atoms with Crippen LogP contribution in [0, 0.1) is 17.7 Å². The third kappa shape index (κ3) is 2.86. The predicted octanol–water partition coefficient (Wildman–Crippen LogP) is 4.24. The van der Waals surface area contributed by atoms with Gasteiger partial charge in [-0.25, -0.2) is 9.29 Å². The SMILES string of the molecule is O=C(c1ccc(F)cc1)[C@@H]1[C@@H]2C(=O)N(c3ccccc3Cl)C(=O)[C@@H]2[C@H]2c3ccccc3C=NN12. The van der Waals surface area contributed by atoms with E-state index in [-0.39, 0.29) is 10.6 Å². The summed E-state index contributed by atoms with van der Waals surface area (Å²) in [5, 5.41) is 6.35. The molecule has 2 fully saturated rings. The molecule has 168 valence electrons. The van der Waals surface area contributed by atoms with Crippen LogP contribution in [0.1, 0.15) is 27.5 Å². The van der Waals surface area contributed by atoms with E-state index in [1.165, 1.54) is 24.3 Å². The van der Waals surface area contributed by atoms with Gasteiger partial charge in [-0.1, -0.05) is 48.0 Å². The van der Waals surface area contributed by atoms with E-state index in [1.807, 2.05) is 24.3 Å². The lowest BCUT2D eigenvalue weighted by atomic mass is 9.83. The number of imide groups is 1. The smallest absolute Gasteiger partial charge is 0.240 e. The van der Waals surface area contributed by atoms with Gasteiger partial charge in [0.05, 0.1) is 34.8 Å². The molecule has 6 rings (SSSR count). The third-order valence-electron chi connectivity index (χ3n) is 6.78. The molecule has 8 heteroatoms. The predicted molar refractivity (Wildman–Crippen MR) is 124 cm³/mol. The number of benzene rings is 3. The third-order valence-corrected chi connectivity index (χ3v) is 7.10. The first kappa shape index (κ1) is 20.7. The average molecular weight is 474 g/mol. The van der Waals surface area contributed by atoms with Gasteiger partial charge in [-0.05, 0) is 47.5 Å². The normalized spacial score (nSPS) is 24.8. The first-order valence-corrected chi connectivity index (χ1v) is 11.2. The van der Waals surface area contributed by atoms with Gasteiger partial charge in [0.2, 0.25) is 11.8 Å². The van der Waals surface area contributed by atoms with E-state index in [0.29, 0.717) is 5.69 Å². The van der Waals surface area contributed by atoms with Gasteiger partial charge < -0.3 is 0 Å². The number of hydrogen-bond donors (Lipinski definition) is 0. The van der Waals surface area contributed by atoms with E-state index in [1.54, 1.807) is 35.5 Å². The number of carbonyl (C=O) groups is 3. The van der Waals surface area contributed by atoms with Crippen molar-refractivity contribution in [3.05, 3.63) is 100 Å². The fourth-order valence-corrected chi connectivity index (χ4v) is 5.54. The summed E-state index contributed by atoms with van der Waals surface area (Å²) in [7, 11) is 0. The number of amides is 2. The summed E-state index contributed by atoms with van der Waals surface area (Å²) in [6.45, 7) is 0. The Morgan fingerprint density at radius 1 is 0.882 bits per heavy atom. The van der Waals surface area contributed by atoms with Gasteiger partial charge in [-0.3, -0.25) is 19.4 Å². The highest BCUT2D eigenvalue weighted by Crippen LogP contribution is 2.53. The van der Waals surface area contributed by atoms with Crippen LogP contribution in [0.25, 0.3) is 0 Å². The van der Waals surface area contributed by atoms with E-state index in [0.717, 1.165) is 16.0 Å². The molecule has 3 aromatic carbocycles. The van der Waals surface area contributed by atoms with Gasteiger partial charge in [0.1, 0.15) is 11.9 Å². The number of fused-ring (bicyclic) bond motifs is 5. The van der Waals surface area contributed by atoms with Gasteiger partial charge in [0.25, 0.3) is 0 Å². The molecule has 0 saturated carbocycles. The number of hydrogen-bond acceptors (Lipinski definition) is 5. The molecular formula is C26H17ClFN3O3. The minimum absolute atomic E-state index is 0.247. The number of Topliss-reactive ketones (excluding diaryl/α,β-unsaturated/α-hetero) is 1. The summed E-state index contributed by atoms with van der Waals surface area (Å²) >= 11 is 6.34. The number of rotatable bonds is 3. The van der Waals surface area contributed by atoms with Crippen molar-refractivity contribution < 1.29 is 18.8 Å². The summed E-state index contributed by atoms with van der Waals surface area (Å²) < 4.78 is 13.5. The van der Waals surface area contributed by atoms with Gasteiger partial charge in [-0.15, -0.1) is 0 Å². The van der Waals surface area contributed by atoms with Crippen molar-refractivity contribution >= 4 is 41.1 Å². The highest BCUT2D eigenvalue weighted by molar-refractivity contribution is 6.36. The maximum absolute atomic E-state index is 13.8. The Labute approximate surface area is 199 Å². The van der Waals surface area contributed by atoms with Crippen LogP contribution in [0.3, 0.4) is 0 Å². The number of carbonyl (C=O) groups excluding carboxylic acids is 3. The Bertz CT molecular complexity index is 1390. The van der Waals surface area contributed by atoms with Crippen LogP contribution in [0.5, 0.6) is 0 Å². The molecule has 0 aromatic heterocycles. The van der Waals surface area contributed by atoms with Crippen LogP contribution < -0.4 is 4.90 Å². The van der Waals surface area contributed by atoms with Crippen LogP contribution >= 0.6 is 11.6 Å². The van der Waals surface area contributed by atoms with E-state index in [9.17, 15) is 18.8 Å². The molecule has 3 aliphatic rings.